The van der Waals surface area contributed by atoms with Crippen LogP contribution in [0.4, 0.5) is 0 Å². The summed E-state index contributed by atoms with van der Waals surface area (Å²) in [7, 11) is 0. The highest BCUT2D eigenvalue weighted by Crippen LogP contribution is 2.51. The summed E-state index contributed by atoms with van der Waals surface area (Å²) in [5, 5.41) is 12.5. The number of rotatable bonds is 4. The number of fused-ring (bicyclic) bond motifs is 3. The quantitative estimate of drug-likeness (QED) is 0.187. The standard InChI is InChI=1S/C22H27NO6/c1-12(5-6-15(24)18-16(25)10-23-20(18)26)9-13(2)19-14(3)17-7-8-22(11-27-22)21(4,28-17)29-19/h5-9,13-14,17,19,24H,10-11H2,1-4H3,(H,23,26)/b6-5+,12-9+,18-15+/t13-,14+,17-,19-,21-,22?/m1/s1. The number of aliphatic hydroxyl groups is 1. The highest BCUT2D eigenvalue weighted by Gasteiger charge is 2.65. The van der Waals surface area contributed by atoms with Crippen LogP contribution in [0.15, 0.2) is 47.3 Å². The van der Waals surface area contributed by atoms with Crippen LogP contribution in [0.3, 0.4) is 0 Å². The van der Waals surface area contributed by atoms with E-state index in [0.717, 1.165) is 5.57 Å². The minimum absolute atomic E-state index is 0.0269. The Hall–Kier alpha value is -2.22. The van der Waals surface area contributed by atoms with Gasteiger partial charge in [0.05, 0.1) is 25.4 Å². The van der Waals surface area contributed by atoms with Gasteiger partial charge in [0, 0.05) is 11.8 Å². The zero-order valence-corrected chi connectivity index (χ0v) is 17.1. The van der Waals surface area contributed by atoms with E-state index in [0.29, 0.717) is 6.61 Å². The largest absolute Gasteiger partial charge is 0.507 e. The van der Waals surface area contributed by atoms with Crippen molar-refractivity contribution in [2.45, 2.75) is 51.3 Å². The van der Waals surface area contributed by atoms with Crippen LogP contribution in [0.5, 0.6) is 0 Å². The molecule has 1 spiro atoms. The lowest BCUT2D eigenvalue weighted by Crippen LogP contribution is -2.61. The van der Waals surface area contributed by atoms with Gasteiger partial charge in [0.15, 0.2) is 11.4 Å². The maximum atomic E-state index is 11.7. The number of carbonyl (C=O) groups is 2. The summed E-state index contributed by atoms with van der Waals surface area (Å²) in [6, 6.07) is 0. The van der Waals surface area contributed by atoms with Gasteiger partial charge in [-0.15, -0.1) is 0 Å². The maximum Gasteiger partial charge on any atom is 0.259 e. The summed E-state index contributed by atoms with van der Waals surface area (Å²) in [6.07, 6.45) is 9.18. The number of ether oxygens (including phenoxy) is 3. The van der Waals surface area contributed by atoms with E-state index in [2.05, 4.69) is 37.4 Å². The van der Waals surface area contributed by atoms with E-state index in [-0.39, 0.29) is 41.9 Å². The van der Waals surface area contributed by atoms with Gasteiger partial charge in [-0.2, -0.15) is 0 Å². The van der Waals surface area contributed by atoms with Crippen molar-refractivity contribution < 1.29 is 28.9 Å². The average Bonchev–Trinajstić information content (AvgIpc) is 3.39. The highest BCUT2D eigenvalue weighted by atomic mass is 16.8. The number of epoxide rings is 1. The minimum atomic E-state index is -0.797. The smallest absolute Gasteiger partial charge is 0.259 e. The SMILES string of the molecule is CC(/C=C/C(O)=C1/C(=O)CNC1=O)=C\[C@@H](C)[C@H]1O[C@@]2(C)O[C@H](C=CC23CO3)[C@@H]1C. The molecule has 29 heavy (non-hydrogen) atoms. The van der Waals surface area contributed by atoms with Gasteiger partial charge in [0.25, 0.3) is 5.91 Å². The average molecular weight is 401 g/mol. The summed E-state index contributed by atoms with van der Waals surface area (Å²) >= 11 is 0. The molecule has 0 aromatic carbocycles. The molecule has 0 radical (unpaired) electrons. The van der Waals surface area contributed by atoms with Crippen molar-refractivity contribution in [3.8, 4) is 0 Å². The molecule has 6 atom stereocenters. The third kappa shape index (κ3) is 3.37. The van der Waals surface area contributed by atoms with Crippen LogP contribution >= 0.6 is 0 Å². The first-order valence-electron chi connectivity index (χ1n) is 9.96. The molecule has 4 heterocycles. The molecule has 3 fully saturated rings. The van der Waals surface area contributed by atoms with Crippen LogP contribution in [0.1, 0.15) is 27.7 Å². The summed E-state index contributed by atoms with van der Waals surface area (Å²) in [4.78, 5) is 23.3. The molecule has 0 aromatic rings. The molecule has 2 N–H and O–H groups in total. The first-order chi connectivity index (χ1) is 13.7. The van der Waals surface area contributed by atoms with E-state index in [1.807, 2.05) is 13.8 Å². The monoisotopic (exact) mass is 401 g/mol. The van der Waals surface area contributed by atoms with E-state index in [1.165, 1.54) is 6.08 Å². The van der Waals surface area contributed by atoms with Gasteiger partial charge in [0.1, 0.15) is 11.3 Å². The van der Waals surface area contributed by atoms with Crippen LogP contribution in [0.2, 0.25) is 0 Å². The van der Waals surface area contributed by atoms with Crippen LogP contribution < -0.4 is 5.32 Å². The molecule has 0 saturated carbocycles. The lowest BCUT2D eigenvalue weighted by molar-refractivity contribution is -0.346. The van der Waals surface area contributed by atoms with Gasteiger partial charge in [-0.3, -0.25) is 9.59 Å². The Morgan fingerprint density at radius 1 is 1.34 bits per heavy atom. The predicted molar refractivity (Wildman–Crippen MR) is 105 cm³/mol. The van der Waals surface area contributed by atoms with Crippen molar-refractivity contribution in [3.05, 3.63) is 47.3 Å². The molecule has 0 aliphatic carbocycles. The molecule has 7 heteroatoms. The number of hydrogen-bond donors (Lipinski definition) is 2. The van der Waals surface area contributed by atoms with Gasteiger partial charge in [-0.05, 0) is 26.0 Å². The number of allylic oxidation sites excluding steroid dienone is 3. The lowest BCUT2D eigenvalue weighted by Gasteiger charge is -2.51. The summed E-state index contributed by atoms with van der Waals surface area (Å²) in [5.41, 5.74) is 0.221. The number of ketones is 1. The molecule has 1 unspecified atom stereocenters. The number of hydrogen-bond acceptors (Lipinski definition) is 6. The molecule has 4 aliphatic rings. The van der Waals surface area contributed by atoms with E-state index in [9.17, 15) is 14.7 Å². The first kappa shape index (κ1) is 20.1. The summed E-state index contributed by atoms with van der Waals surface area (Å²) < 4.78 is 18.2. The molecule has 2 bridgehead atoms. The Bertz CT molecular complexity index is 847. The predicted octanol–water partition coefficient (Wildman–Crippen LogP) is 2.11. The fourth-order valence-corrected chi connectivity index (χ4v) is 4.37. The molecule has 4 aliphatic heterocycles. The van der Waals surface area contributed by atoms with Crippen LogP contribution in [0, 0.1) is 11.8 Å². The van der Waals surface area contributed by atoms with E-state index < -0.39 is 23.1 Å². The van der Waals surface area contributed by atoms with E-state index >= 15 is 0 Å². The number of nitrogens with one attached hydrogen (secondary N) is 1. The second-order valence-corrected chi connectivity index (χ2v) is 8.48. The third-order valence-electron chi connectivity index (χ3n) is 6.26. The second-order valence-electron chi connectivity index (χ2n) is 8.48. The van der Waals surface area contributed by atoms with Crippen molar-refractivity contribution >= 4 is 11.7 Å². The Labute approximate surface area is 170 Å². The zero-order chi connectivity index (χ0) is 21.0. The minimum Gasteiger partial charge on any atom is -0.507 e. The number of carbonyl (C=O) groups excluding carboxylic acids is 2. The van der Waals surface area contributed by atoms with E-state index in [1.54, 1.807) is 6.08 Å². The van der Waals surface area contributed by atoms with Gasteiger partial charge in [-0.25, -0.2) is 0 Å². The molecule has 4 rings (SSSR count). The molecule has 156 valence electrons. The van der Waals surface area contributed by atoms with Crippen molar-refractivity contribution in [1.82, 2.24) is 5.32 Å². The summed E-state index contributed by atoms with van der Waals surface area (Å²) in [5.74, 6) is -1.82. The normalized spacial score (nSPS) is 41.8. The van der Waals surface area contributed by atoms with Crippen LogP contribution in [0.25, 0.3) is 0 Å². The molecule has 7 nitrogen and oxygen atoms in total. The Balaban J connectivity index is 1.49. The number of aliphatic hydroxyl groups excluding tert-OH is 1. The number of amides is 1. The topological polar surface area (TPSA) is 97.4 Å². The van der Waals surface area contributed by atoms with Gasteiger partial charge in [-0.1, -0.05) is 37.6 Å². The Morgan fingerprint density at radius 3 is 2.69 bits per heavy atom. The zero-order valence-electron chi connectivity index (χ0n) is 17.1. The van der Waals surface area contributed by atoms with Crippen LogP contribution in [-0.4, -0.2) is 53.5 Å². The van der Waals surface area contributed by atoms with Gasteiger partial charge >= 0.3 is 0 Å². The first-order valence-corrected chi connectivity index (χ1v) is 9.96. The second kappa shape index (κ2) is 6.93. The summed E-state index contributed by atoms with van der Waals surface area (Å²) in [6.45, 7) is 8.56. The van der Waals surface area contributed by atoms with Crippen molar-refractivity contribution in [3.63, 3.8) is 0 Å². The lowest BCUT2D eigenvalue weighted by atomic mass is 9.82. The molecule has 0 aromatic heterocycles. The maximum absolute atomic E-state index is 11.7. The number of Topliss-reactive ketones (excluding diaryl/α,β-unsaturated/α-hetero) is 1. The fraction of sp³-hybridized carbons (Fsp3) is 0.545. The van der Waals surface area contributed by atoms with Gasteiger partial charge < -0.3 is 24.6 Å². The molecule has 3 saturated heterocycles. The van der Waals surface area contributed by atoms with Crippen molar-refractivity contribution in [2.75, 3.05) is 13.2 Å². The van der Waals surface area contributed by atoms with E-state index in [4.69, 9.17) is 14.2 Å². The molecule has 1 amide bonds. The highest BCUT2D eigenvalue weighted by molar-refractivity contribution is 6.25. The molecular weight excluding hydrogens is 374 g/mol. The third-order valence-corrected chi connectivity index (χ3v) is 6.26. The fourth-order valence-electron chi connectivity index (χ4n) is 4.37. The van der Waals surface area contributed by atoms with Crippen molar-refractivity contribution in [1.29, 1.82) is 0 Å². The van der Waals surface area contributed by atoms with Crippen molar-refractivity contribution in [2.24, 2.45) is 11.8 Å². The molecular formula is C22H27NO6. The van der Waals surface area contributed by atoms with Crippen LogP contribution in [-0.2, 0) is 23.8 Å². The Kier molecular flexibility index (Phi) is 4.80. The Morgan fingerprint density at radius 2 is 2.07 bits per heavy atom. The van der Waals surface area contributed by atoms with Gasteiger partial charge in [0.2, 0.25) is 5.79 Å².